The molecule has 7 nitrogen and oxygen atoms in total. The Labute approximate surface area is 203 Å². The Balaban J connectivity index is 1.82. The third-order valence-electron chi connectivity index (χ3n) is 5.26. The summed E-state index contributed by atoms with van der Waals surface area (Å²) in [7, 11) is 1.63. The van der Waals surface area contributed by atoms with Gasteiger partial charge in [0.2, 0.25) is 5.88 Å². The lowest BCUT2D eigenvalue weighted by molar-refractivity contribution is 0.138. The molecule has 1 amide bonds. The number of carbonyl (C=O) groups is 1. The maximum Gasteiger partial charge on any atom is 0.414 e. The van der Waals surface area contributed by atoms with Crippen molar-refractivity contribution in [1.82, 2.24) is 15.4 Å². The summed E-state index contributed by atoms with van der Waals surface area (Å²) >= 11 is 6.04. The Bertz CT molecular complexity index is 1150. The number of hydrogen-bond donors (Lipinski definition) is 2. The minimum absolute atomic E-state index is 0.0115. The molecular weight excluding hydrogens is 492 g/mol. The zero-order valence-electron chi connectivity index (χ0n) is 18.6. The van der Waals surface area contributed by atoms with Gasteiger partial charge >= 0.3 is 6.09 Å². The van der Waals surface area contributed by atoms with Crippen LogP contribution >= 0.6 is 11.6 Å². The molecule has 0 fully saturated rings. The normalized spacial score (nSPS) is 12.3. The monoisotopic (exact) mass is 514 g/mol. The molecule has 0 aliphatic rings. The molecule has 0 saturated heterocycles. The molecular formula is C23H23ClF4N4O3. The van der Waals surface area contributed by atoms with E-state index in [0.717, 1.165) is 4.90 Å². The largest absolute Gasteiger partial charge is 0.465 e. The van der Waals surface area contributed by atoms with Gasteiger partial charge < -0.3 is 14.9 Å². The van der Waals surface area contributed by atoms with Crippen molar-refractivity contribution in [2.45, 2.75) is 19.0 Å². The predicted molar refractivity (Wildman–Crippen MR) is 123 cm³/mol. The quantitative estimate of drug-likeness (QED) is 0.346. The van der Waals surface area contributed by atoms with Crippen molar-refractivity contribution in [2.24, 2.45) is 0 Å². The van der Waals surface area contributed by atoms with Crippen LogP contribution in [0.4, 0.5) is 28.2 Å². The summed E-state index contributed by atoms with van der Waals surface area (Å²) in [5.74, 6) is -1.23. The number of halogens is 5. The maximum atomic E-state index is 13.9. The van der Waals surface area contributed by atoms with E-state index in [1.807, 2.05) is 0 Å². The highest BCUT2D eigenvalue weighted by Gasteiger charge is 2.27. The van der Waals surface area contributed by atoms with Crippen LogP contribution in [0.1, 0.15) is 5.56 Å². The number of hydrogen-bond acceptors (Lipinski definition) is 5. The second kappa shape index (κ2) is 12.0. The van der Waals surface area contributed by atoms with Gasteiger partial charge in [0.25, 0.3) is 6.43 Å². The van der Waals surface area contributed by atoms with Crippen molar-refractivity contribution in [1.29, 1.82) is 0 Å². The lowest BCUT2D eigenvalue weighted by Crippen LogP contribution is -2.49. The van der Waals surface area contributed by atoms with Crippen molar-refractivity contribution in [3.63, 3.8) is 0 Å². The first kappa shape index (κ1) is 26.5. The van der Waals surface area contributed by atoms with Crippen LogP contribution in [-0.2, 0) is 6.54 Å². The number of likely N-dealkylation sites (N-methyl/N-ethyl adjacent to an activating group) is 1. The number of aromatic nitrogens is 1. The van der Waals surface area contributed by atoms with Crippen molar-refractivity contribution in [2.75, 3.05) is 31.6 Å². The molecule has 0 spiro atoms. The minimum Gasteiger partial charge on any atom is -0.465 e. The van der Waals surface area contributed by atoms with Crippen molar-refractivity contribution >= 4 is 23.6 Å². The van der Waals surface area contributed by atoms with Crippen LogP contribution in [0.5, 0.6) is 0 Å². The summed E-state index contributed by atoms with van der Waals surface area (Å²) in [4.78, 5) is 14.6. The van der Waals surface area contributed by atoms with Crippen LogP contribution < -0.4 is 10.2 Å². The van der Waals surface area contributed by atoms with Crippen LogP contribution in [0.25, 0.3) is 11.3 Å². The smallest absolute Gasteiger partial charge is 0.414 e. The molecule has 1 unspecified atom stereocenters. The highest BCUT2D eigenvalue weighted by molar-refractivity contribution is 6.31. The minimum atomic E-state index is -2.60. The number of nitrogens with one attached hydrogen (secondary N) is 1. The standard InChI is InChI=1S/C23H23ClF4N4O3/c1-31(12-15-5-3-7-18(26)22(15)24)17(10-29-11-20(27)28)13-32(23(33)34)21-9-19(30-35-21)14-4-2-6-16(25)8-14/h2-9,17,20,29H,10-13H2,1H3,(H,33,34). The van der Waals surface area contributed by atoms with Crippen molar-refractivity contribution in [3.05, 3.63) is 70.8 Å². The van der Waals surface area contributed by atoms with Gasteiger partial charge in [-0.25, -0.2) is 27.3 Å². The summed E-state index contributed by atoms with van der Waals surface area (Å²) in [6, 6.07) is 10.5. The van der Waals surface area contributed by atoms with E-state index in [2.05, 4.69) is 10.5 Å². The predicted octanol–water partition coefficient (Wildman–Crippen LogP) is 5.11. The van der Waals surface area contributed by atoms with Crippen LogP contribution in [0, 0.1) is 11.6 Å². The van der Waals surface area contributed by atoms with Gasteiger partial charge in [0, 0.05) is 37.3 Å². The van der Waals surface area contributed by atoms with Gasteiger partial charge in [-0.05, 0) is 30.8 Å². The molecule has 1 aromatic heterocycles. The van der Waals surface area contributed by atoms with Gasteiger partial charge in [0.05, 0.1) is 11.6 Å². The van der Waals surface area contributed by atoms with E-state index < -0.39 is 36.7 Å². The lowest BCUT2D eigenvalue weighted by Gasteiger charge is -2.31. The highest BCUT2D eigenvalue weighted by atomic mass is 35.5. The van der Waals surface area contributed by atoms with Crippen molar-refractivity contribution < 1.29 is 32.0 Å². The molecule has 0 aliphatic heterocycles. The number of amides is 1. The Kier molecular flexibility index (Phi) is 9.07. The van der Waals surface area contributed by atoms with Gasteiger partial charge in [0.15, 0.2) is 0 Å². The second-order valence-corrected chi connectivity index (χ2v) is 8.16. The van der Waals surface area contributed by atoms with E-state index >= 15 is 0 Å². The first-order valence-electron chi connectivity index (χ1n) is 10.5. The molecule has 1 heterocycles. The fourth-order valence-electron chi connectivity index (χ4n) is 3.44. The van der Waals surface area contributed by atoms with E-state index in [1.54, 1.807) is 24.1 Å². The number of alkyl halides is 2. The molecule has 35 heavy (non-hydrogen) atoms. The zero-order valence-corrected chi connectivity index (χ0v) is 19.4. The number of carboxylic acid groups (broad SMARTS) is 1. The third-order valence-corrected chi connectivity index (χ3v) is 5.68. The van der Waals surface area contributed by atoms with Gasteiger partial charge in [0.1, 0.15) is 17.3 Å². The van der Waals surface area contributed by atoms with Crippen LogP contribution in [0.2, 0.25) is 5.02 Å². The van der Waals surface area contributed by atoms with Gasteiger partial charge in [-0.2, -0.15) is 0 Å². The summed E-state index contributed by atoms with van der Waals surface area (Å²) in [6.45, 7) is -0.685. The number of anilines is 1. The lowest BCUT2D eigenvalue weighted by atomic mass is 10.1. The van der Waals surface area contributed by atoms with Crippen molar-refractivity contribution in [3.8, 4) is 11.3 Å². The summed E-state index contributed by atoms with van der Waals surface area (Å²) in [5.41, 5.74) is 1.05. The topological polar surface area (TPSA) is 81.8 Å². The first-order chi connectivity index (χ1) is 16.7. The van der Waals surface area contributed by atoms with Crippen LogP contribution in [-0.4, -0.2) is 60.4 Å². The number of rotatable bonds is 11. The number of nitrogens with zero attached hydrogens (tertiary/aromatic N) is 3. The average molecular weight is 515 g/mol. The molecule has 12 heteroatoms. The molecule has 3 rings (SSSR count). The van der Waals surface area contributed by atoms with E-state index in [1.165, 1.54) is 36.4 Å². The molecule has 0 radical (unpaired) electrons. The van der Waals surface area contributed by atoms with E-state index in [0.29, 0.717) is 11.1 Å². The molecule has 2 aromatic carbocycles. The summed E-state index contributed by atoms with van der Waals surface area (Å²) in [5, 5.41) is 16.2. The second-order valence-electron chi connectivity index (χ2n) is 7.79. The van der Waals surface area contributed by atoms with Gasteiger partial charge in [-0.3, -0.25) is 4.90 Å². The molecule has 0 aliphatic carbocycles. The molecule has 1 atom stereocenters. The first-order valence-corrected chi connectivity index (χ1v) is 10.9. The zero-order chi connectivity index (χ0) is 25.5. The highest BCUT2D eigenvalue weighted by Crippen LogP contribution is 2.26. The van der Waals surface area contributed by atoms with E-state index in [9.17, 15) is 27.5 Å². The van der Waals surface area contributed by atoms with Crippen LogP contribution in [0.3, 0.4) is 0 Å². The molecule has 0 saturated carbocycles. The number of benzene rings is 2. The third kappa shape index (κ3) is 7.17. The van der Waals surface area contributed by atoms with E-state index in [4.69, 9.17) is 16.1 Å². The van der Waals surface area contributed by atoms with E-state index in [-0.39, 0.29) is 36.2 Å². The Morgan fingerprint density at radius 2 is 1.91 bits per heavy atom. The Hall–Kier alpha value is -3.15. The average Bonchev–Trinajstić information content (AvgIpc) is 3.28. The SMILES string of the molecule is CN(Cc1cccc(F)c1Cl)C(CNCC(F)F)CN(C(=O)O)c1cc(-c2cccc(F)c2)no1. The molecule has 2 N–H and O–H groups in total. The molecule has 0 bridgehead atoms. The fourth-order valence-corrected chi connectivity index (χ4v) is 3.62. The summed E-state index contributed by atoms with van der Waals surface area (Å²) in [6.07, 6.45) is -3.97. The van der Waals surface area contributed by atoms with Crippen LogP contribution in [0.15, 0.2) is 53.1 Å². The maximum absolute atomic E-state index is 13.9. The van der Waals surface area contributed by atoms with Gasteiger partial charge in [-0.15, -0.1) is 0 Å². The Morgan fingerprint density at radius 3 is 2.60 bits per heavy atom. The Morgan fingerprint density at radius 1 is 1.17 bits per heavy atom. The summed E-state index contributed by atoms with van der Waals surface area (Å²) < 4.78 is 58.0. The fraction of sp³-hybridized carbons (Fsp3) is 0.304. The molecule has 3 aromatic rings. The van der Waals surface area contributed by atoms with Gasteiger partial charge in [-0.1, -0.05) is 41.0 Å². The molecule has 188 valence electrons.